The molecule has 5 heteroatoms. The van der Waals surface area contributed by atoms with Crippen LogP contribution in [0.1, 0.15) is 11.6 Å². The molecule has 2 rings (SSSR count). The Kier molecular flexibility index (Phi) is 3.09. The van der Waals surface area contributed by atoms with E-state index in [2.05, 4.69) is 5.32 Å². The van der Waals surface area contributed by atoms with E-state index in [4.69, 9.17) is 16.3 Å². The zero-order chi connectivity index (χ0) is 10.8. The highest BCUT2D eigenvalue weighted by atomic mass is 35.5. The van der Waals surface area contributed by atoms with E-state index < -0.39 is 11.6 Å². The maximum absolute atomic E-state index is 13.1. The van der Waals surface area contributed by atoms with Gasteiger partial charge in [-0.2, -0.15) is 0 Å². The van der Waals surface area contributed by atoms with E-state index >= 15 is 0 Å². The van der Waals surface area contributed by atoms with Crippen molar-refractivity contribution in [1.29, 1.82) is 0 Å². The largest absolute Gasteiger partial charge is 0.505 e. The lowest BCUT2D eigenvalue weighted by Gasteiger charge is -2.25. The molecule has 3 nitrogen and oxygen atoms in total. The Hall–Kier alpha value is -0.840. The number of morpholine rings is 1. The Morgan fingerprint density at radius 2 is 2.33 bits per heavy atom. The van der Waals surface area contributed by atoms with Gasteiger partial charge in [0, 0.05) is 17.1 Å². The van der Waals surface area contributed by atoms with E-state index in [9.17, 15) is 9.50 Å². The zero-order valence-electron chi connectivity index (χ0n) is 7.96. The molecule has 0 radical (unpaired) electrons. The van der Waals surface area contributed by atoms with Gasteiger partial charge in [0.15, 0.2) is 11.6 Å². The number of aromatic hydroxyl groups is 1. The van der Waals surface area contributed by atoms with Crippen LogP contribution in [0.4, 0.5) is 4.39 Å². The number of benzene rings is 1. The van der Waals surface area contributed by atoms with Gasteiger partial charge in [-0.15, -0.1) is 0 Å². The number of phenols is 1. The Morgan fingerprint density at radius 1 is 1.53 bits per heavy atom. The fourth-order valence-electron chi connectivity index (χ4n) is 1.64. The normalized spacial score (nSPS) is 21.6. The first-order valence-corrected chi connectivity index (χ1v) is 5.06. The van der Waals surface area contributed by atoms with Crippen LogP contribution in [0.2, 0.25) is 5.02 Å². The second kappa shape index (κ2) is 4.35. The number of hydrogen-bond acceptors (Lipinski definition) is 3. The van der Waals surface area contributed by atoms with Crippen LogP contribution < -0.4 is 5.32 Å². The van der Waals surface area contributed by atoms with Gasteiger partial charge in [0.25, 0.3) is 0 Å². The molecule has 1 aliphatic heterocycles. The van der Waals surface area contributed by atoms with E-state index in [1.54, 1.807) is 0 Å². The lowest BCUT2D eigenvalue weighted by atomic mass is 10.1. The molecule has 0 spiro atoms. The van der Waals surface area contributed by atoms with Crippen LogP contribution in [-0.4, -0.2) is 24.9 Å². The standard InChI is InChI=1S/C10H11ClFNO2/c11-6-1-2-7(12)10(14)9(6)8-5-15-4-3-13-8/h1-2,8,13-14H,3-5H2/t8-/m0/s1. The number of hydrogen-bond donors (Lipinski definition) is 2. The molecule has 0 bridgehead atoms. The van der Waals surface area contributed by atoms with Crippen molar-refractivity contribution >= 4 is 11.6 Å². The van der Waals surface area contributed by atoms with Crippen LogP contribution in [-0.2, 0) is 4.74 Å². The highest BCUT2D eigenvalue weighted by molar-refractivity contribution is 6.31. The second-order valence-corrected chi connectivity index (χ2v) is 3.78. The predicted molar refractivity (Wildman–Crippen MR) is 54.6 cm³/mol. The zero-order valence-corrected chi connectivity index (χ0v) is 8.72. The molecule has 1 fully saturated rings. The van der Waals surface area contributed by atoms with Gasteiger partial charge in [0.2, 0.25) is 0 Å². The molecule has 1 atom stereocenters. The van der Waals surface area contributed by atoms with Gasteiger partial charge >= 0.3 is 0 Å². The summed E-state index contributed by atoms with van der Waals surface area (Å²) in [6.07, 6.45) is 0. The van der Waals surface area contributed by atoms with Crippen molar-refractivity contribution in [2.75, 3.05) is 19.8 Å². The van der Waals surface area contributed by atoms with Gasteiger partial charge in [-0.3, -0.25) is 0 Å². The number of rotatable bonds is 1. The van der Waals surface area contributed by atoms with Gasteiger partial charge in [-0.1, -0.05) is 11.6 Å². The Morgan fingerprint density at radius 3 is 3.00 bits per heavy atom. The maximum atomic E-state index is 13.1. The summed E-state index contributed by atoms with van der Waals surface area (Å²) in [7, 11) is 0. The molecule has 2 N–H and O–H groups in total. The molecule has 15 heavy (non-hydrogen) atoms. The SMILES string of the molecule is Oc1c(F)ccc(Cl)c1[C@@H]1COCCN1. The van der Waals surface area contributed by atoms with Crippen LogP contribution in [0, 0.1) is 5.82 Å². The average Bonchev–Trinajstić information content (AvgIpc) is 2.26. The van der Waals surface area contributed by atoms with Gasteiger partial charge in [-0.25, -0.2) is 4.39 Å². The number of nitrogens with one attached hydrogen (secondary N) is 1. The molecular weight excluding hydrogens is 221 g/mol. The third-order valence-corrected chi connectivity index (χ3v) is 2.71. The van der Waals surface area contributed by atoms with Crippen LogP contribution in [0.25, 0.3) is 0 Å². The Bertz CT molecular complexity index is 367. The van der Waals surface area contributed by atoms with E-state index in [0.717, 1.165) is 6.07 Å². The molecule has 0 saturated carbocycles. The molecule has 82 valence electrons. The number of ether oxygens (including phenoxy) is 1. The van der Waals surface area contributed by atoms with Crippen molar-refractivity contribution in [1.82, 2.24) is 5.32 Å². The van der Waals surface area contributed by atoms with Crippen molar-refractivity contribution in [3.8, 4) is 5.75 Å². The molecular formula is C10H11ClFNO2. The van der Waals surface area contributed by atoms with Crippen LogP contribution >= 0.6 is 11.6 Å². The van der Waals surface area contributed by atoms with Gasteiger partial charge in [-0.05, 0) is 12.1 Å². The first-order chi connectivity index (χ1) is 7.20. The summed E-state index contributed by atoms with van der Waals surface area (Å²) in [4.78, 5) is 0. The summed E-state index contributed by atoms with van der Waals surface area (Å²) in [5, 5.41) is 13.0. The summed E-state index contributed by atoms with van der Waals surface area (Å²) >= 11 is 5.91. The van der Waals surface area contributed by atoms with Crippen molar-refractivity contribution in [3.05, 3.63) is 28.5 Å². The van der Waals surface area contributed by atoms with Crippen LogP contribution in [0.15, 0.2) is 12.1 Å². The minimum absolute atomic E-state index is 0.248. The Labute approximate surface area is 91.8 Å². The molecule has 1 heterocycles. The van der Waals surface area contributed by atoms with Crippen LogP contribution in [0.5, 0.6) is 5.75 Å². The first kappa shape index (κ1) is 10.7. The summed E-state index contributed by atoms with van der Waals surface area (Å²) in [6.45, 7) is 1.66. The van der Waals surface area contributed by atoms with Crippen molar-refractivity contribution in [2.45, 2.75) is 6.04 Å². The molecule has 0 unspecified atom stereocenters. The summed E-state index contributed by atoms with van der Waals surface area (Å²) in [5.41, 5.74) is 0.372. The topological polar surface area (TPSA) is 41.5 Å². The van der Waals surface area contributed by atoms with E-state index in [0.29, 0.717) is 30.3 Å². The number of halogens is 2. The van der Waals surface area contributed by atoms with E-state index in [1.165, 1.54) is 6.07 Å². The third kappa shape index (κ3) is 2.07. The smallest absolute Gasteiger partial charge is 0.165 e. The minimum Gasteiger partial charge on any atom is -0.505 e. The summed E-state index contributed by atoms with van der Waals surface area (Å²) in [6, 6.07) is 2.33. The molecule has 1 aliphatic rings. The average molecular weight is 232 g/mol. The second-order valence-electron chi connectivity index (χ2n) is 3.37. The van der Waals surface area contributed by atoms with Crippen molar-refractivity contribution < 1.29 is 14.2 Å². The lowest BCUT2D eigenvalue weighted by Crippen LogP contribution is -2.34. The van der Waals surface area contributed by atoms with E-state index in [-0.39, 0.29) is 6.04 Å². The molecule has 1 aromatic carbocycles. The summed E-state index contributed by atoms with van der Waals surface area (Å²) < 4.78 is 18.4. The van der Waals surface area contributed by atoms with Gasteiger partial charge in [0.1, 0.15) is 0 Å². The fourth-order valence-corrected chi connectivity index (χ4v) is 1.92. The van der Waals surface area contributed by atoms with Crippen LogP contribution in [0.3, 0.4) is 0 Å². The highest BCUT2D eigenvalue weighted by Gasteiger charge is 2.23. The third-order valence-electron chi connectivity index (χ3n) is 2.38. The van der Waals surface area contributed by atoms with Crippen molar-refractivity contribution in [3.63, 3.8) is 0 Å². The monoisotopic (exact) mass is 231 g/mol. The highest BCUT2D eigenvalue weighted by Crippen LogP contribution is 2.34. The fraction of sp³-hybridized carbons (Fsp3) is 0.400. The first-order valence-electron chi connectivity index (χ1n) is 4.68. The van der Waals surface area contributed by atoms with Crippen molar-refractivity contribution in [2.24, 2.45) is 0 Å². The Balaban J connectivity index is 2.36. The minimum atomic E-state index is -0.665. The number of phenolic OH excluding ortho intramolecular Hbond substituents is 1. The maximum Gasteiger partial charge on any atom is 0.165 e. The van der Waals surface area contributed by atoms with Gasteiger partial charge in [0.05, 0.1) is 19.3 Å². The van der Waals surface area contributed by atoms with Gasteiger partial charge < -0.3 is 15.2 Å². The van der Waals surface area contributed by atoms with E-state index in [1.807, 2.05) is 0 Å². The molecule has 0 aromatic heterocycles. The quantitative estimate of drug-likeness (QED) is 0.775. The molecule has 1 saturated heterocycles. The molecule has 0 amide bonds. The molecule has 1 aromatic rings. The predicted octanol–water partition coefficient (Wildman–Crippen LogP) is 1.85. The molecule has 0 aliphatic carbocycles. The lowest BCUT2D eigenvalue weighted by molar-refractivity contribution is 0.0759. The summed E-state index contributed by atoms with van der Waals surface area (Å²) in [5.74, 6) is -1.06.